The normalized spacial score (nSPS) is 17.9. The second-order valence-corrected chi connectivity index (χ2v) is 7.41. The molecule has 0 N–H and O–H groups in total. The van der Waals surface area contributed by atoms with Crippen LogP contribution in [0.15, 0.2) is 29.4 Å². The largest absolute Gasteiger partial charge is 0.496 e. The predicted molar refractivity (Wildman–Crippen MR) is 98.6 cm³/mol. The number of amides is 1. The lowest BCUT2D eigenvalue weighted by atomic mass is 10.2. The van der Waals surface area contributed by atoms with E-state index in [0.29, 0.717) is 21.1 Å². The highest BCUT2D eigenvalue weighted by Gasteiger charge is 2.18. The van der Waals surface area contributed by atoms with Crippen LogP contribution in [0.2, 0.25) is 5.02 Å². The molecule has 1 aromatic carbocycles. The Hall–Kier alpha value is -1.63. The number of nitrogens with zero attached hydrogens (tertiary/aromatic N) is 2. The molecule has 1 aliphatic rings. The van der Waals surface area contributed by atoms with Crippen molar-refractivity contribution in [1.82, 2.24) is 4.57 Å². The van der Waals surface area contributed by atoms with Gasteiger partial charge in [-0.2, -0.15) is 4.99 Å². The third-order valence-electron chi connectivity index (χ3n) is 4.13. The molecule has 1 saturated heterocycles. The zero-order valence-electron chi connectivity index (χ0n) is 14.3. The maximum absolute atomic E-state index is 12.7. The molecule has 1 atom stereocenters. The molecule has 25 heavy (non-hydrogen) atoms. The Morgan fingerprint density at radius 2 is 2.36 bits per heavy atom. The molecule has 7 heteroatoms. The molecular formula is C18H21ClN2O3S. The first-order valence-corrected chi connectivity index (χ1v) is 9.53. The Morgan fingerprint density at radius 1 is 1.52 bits per heavy atom. The van der Waals surface area contributed by atoms with Crippen LogP contribution < -0.4 is 9.54 Å². The molecule has 5 nitrogen and oxygen atoms in total. The fourth-order valence-corrected chi connectivity index (χ4v) is 3.92. The minimum Gasteiger partial charge on any atom is -0.496 e. The summed E-state index contributed by atoms with van der Waals surface area (Å²) in [5, 5.41) is 0.479. The standard InChI is InChI=1S/C18H21ClN2O3S/c1-3-14-11-21(10-13-5-4-8-24-13)18(25-14)20-17(22)15-9-12(19)6-7-16(15)23-2/h6-7,9,11,13H,3-5,8,10H2,1-2H3/b20-18-. The van der Waals surface area contributed by atoms with Crippen molar-refractivity contribution in [3.63, 3.8) is 0 Å². The van der Waals surface area contributed by atoms with Gasteiger partial charge >= 0.3 is 0 Å². The number of hydrogen-bond donors (Lipinski definition) is 0. The molecule has 1 aromatic heterocycles. The van der Waals surface area contributed by atoms with E-state index in [1.54, 1.807) is 18.2 Å². The molecule has 3 rings (SSSR count). The van der Waals surface area contributed by atoms with E-state index in [4.69, 9.17) is 21.1 Å². The van der Waals surface area contributed by atoms with Crippen LogP contribution in [0.4, 0.5) is 0 Å². The molecule has 1 aliphatic heterocycles. The van der Waals surface area contributed by atoms with Gasteiger partial charge in [0.2, 0.25) is 0 Å². The van der Waals surface area contributed by atoms with Crippen LogP contribution in [0.5, 0.6) is 5.75 Å². The number of benzene rings is 1. The highest BCUT2D eigenvalue weighted by molar-refractivity contribution is 7.09. The van der Waals surface area contributed by atoms with E-state index in [0.717, 1.165) is 32.4 Å². The van der Waals surface area contributed by atoms with Gasteiger partial charge < -0.3 is 14.0 Å². The molecule has 1 unspecified atom stereocenters. The third-order valence-corrected chi connectivity index (χ3v) is 5.53. The van der Waals surface area contributed by atoms with Gasteiger partial charge in [0.25, 0.3) is 5.91 Å². The first kappa shape index (κ1) is 18.2. The fourth-order valence-electron chi connectivity index (χ4n) is 2.81. The van der Waals surface area contributed by atoms with Gasteiger partial charge in [0.05, 0.1) is 25.3 Å². The summed E-state index contributed by atoms with van der Waals surface area (Å²) < 4.78 is 13.0. The van der Waals surface area contributed by atoms with Crippen LogP contribution in [0, 0.1) is 0 Å². The number of hydrogen-bond acceptors (Lipinski definition) is 4. The van der Waals surface area contributed by atoms with Gasteiger partial charge in [0.1, 0.15) is 5.75 Å². The van der Waals surface area contributed by atoms with Crippen molar-refractivity contribution in [2.75, 3.05) is 13.7 Å². The maximum Gasteiger partial charge on any atom is 0.283 e. The van der Waals surface area contributed by atoms with Gasteiger partial charge in [-0.15, -0.1) is 11.3 Å². The van der Waals surface area contributed by atoms with Crippen molar-refractivity contribution in [1.29, 1.82) is 0 Å². The Morgan fingerprint density at radius 3 is 3.04 bits per heavy atom. The van der Waals surface area contributed by atoms with Crippen molar-refractivity contribution in [2.24, 2.45) is 4.99 Å². The van der Waals surface area contributed by atoms with E-state index in [-0.39, 0.29) is 12.0 Å². The summed E-state index contributed by atoms with van der Waals surface area (Å²) in [4.78, 5) is 18.9. The SMILES string of the molecule is CCc1cn(CC2CCCO2)/c(=N/C(=O)c2cc(Cl)ccc2OC)s1. The summed E-state index contributed by atoms with van der Waals surface area (Å²) in [6.45, 7) is 3.62. The molecule has 0 spiro atoms. The van der Waals surface area contributed by atoms with Crippen LogP contribution >= 0.6 is 22.9 Å². The quantitative estimate of drug-likeness (QED) is 0.794. The molecular weight excluding hydrogens is 360 g/mol. The van der Waals surface area contributed by atoms with Crippen LogP contribution in [0.3, 0.4) is 0 Å². The van der Waals surface area contributed by atoms with Crippen molar-refractivity contribution in [3.8, 4) is 5.75 Å². The lowest BCUT2D eigenvalue weighted by Crippen LogP contribution is -2.23. The van der Waals surface area contributed by atoms with Crippen molar-refractivity contribution >= 4 is 28.8 Å². The Bertz CT molecular complexity index is 822. The fraction of sp³-hybridized carbons (Fsp3) is 0.444. The topological polar surface area (TPSA) is 52.8 Å². The number of carbonyl (C=O) groups is 1. The molecule has 1 fully saturated rings. The van der Waals surface area contributed by atoms with Crippen LogP contribution in [-0.2, 0) is 17.7 Å². The van der Waals surface area contributed by atoms with E-state index in [1.807, 2.05) is 4.57 Å². The number of thiazole rings is 1. The van der Waals surface area contributed by atoms with Gasteiger partial charge in [-0.25, -0.2) is 0 Å². The molecule has 0 bridgehead atoms. The summed E-state index contributed by atoms with van der Waals surface area (Å²) in [6, 6.07) is 4.96. The molecule has 134 valence electrons. The zero-order valence-corrected chi connectivity index (χ0v) is 15.9. The molecule has 0 radical (unpaired) electrons. The van der Waals surface area contributed by atoms with Crippen LogP contribution in [-0.4, -0.2) is 30.3 Å². The van der Waals surface area contributed by atoms with Gasteiger partial charge in [-0.3, -0.25) is 4.79 Å². The number of aryl methyl sites for hydroxylation is 1. The number of rotatable bonds is 5. The van der Waals surface area contributed by atoms with Gasteiger partial charge in [0.15, 0.2) is 4.80 Å². The molecule has 2 aromatic rings. The van der Waals surface area contributed by atoms with Gasteiger partial charge in [-0.05, 0) is 37.5 Å². The van der Waals surface area contributed by atoms with Crippen molar-refractivity contribution < 1.29 is 14.3 Å². The van der Waals surface area contributed by atoms with Crippen LogP contribution in [0.1, 0.15) is 35.0 Å². The first-order valence-electron chi connectivity index (χ1n) is 8.34. The highest BCUT2D eigenvalue weighted by atomic mass is 35.5. The lowest BCUT2D eigenvalue weighted by Gasteiger charge is -2.10. The smallest absolute Gasteiger partial charge is 0.283 e. The van der Waals surface area contributed by atoms with Crippen molar-refractivity contribution in [2.45, 2.75) is 38.8 Å². The second kappa shape index (κ2) is 8.17. The number of ether oxygens (including phenoxy) is 2. The summed E-state index contributed by atoms with van der Waals surface area (Å²) in [7, 11) is 1.53. The minimum atomic E-state index is -0.357. The molecule has 0 saturated carbocycles. The van der Waals surface area contributed by atoms with E-state index >= 15 is 0 Å². The third kappa shape index (κ3) is 4.32. The zero-order chi connectivity index (χ0) is 17.8. The monoisotopic (exact) mass is 380 g/mol. The highest BCUT2D eigenvalue weighted by Crippen LogP contribution is 2.23. The Kier molecular flexibility index (Phi) is 5.93. The summed E-state index contributed by atoms with van der Waals surface area (Å²) in [6.07, 6.45) is 5.28. The van der Waals surface area contributed by atoms with Crippen LogP contribution in [0.25, 0.3) is 0 Å². The number of halogens is 1. The summed E-state index contributed by atoms with van der Waals surface area (Å²) in [5.41, 5.74) is 0.366. The van der Waals surface area contributed by atoms with Crippen molar-refractivity contribution in [3.05, 3.63) is 44.7 Å². The second-order valence-electron chi connectivity index (χ2n) is 5.88. The average Bonchev–Trinajstić information content (AvgIpc) is 3.25. The maximum atomic E-state index is 12.7. The molecule has 0 aliphatic carbocycles. The van der Waals surface area contributed by atoms with Gasteiger partial charge in [-0.1, -0.05) is 18.5 Å². The number of methoxy groups -OCH3 is 1. The van der Waals surface area contributed by atoms with E-state index in [2.05, 4.69) is 18.1 Å². The first-order chi connectivity index (χ1) is 12.1. The summed E-state index contributed by atoms with van der Waals surface area (Å²) >= 11 is 7.55. The minimum absolute atomic E-state index is 0.189. The van der Waals surface area contributed by atoms with E-state index < -0.39 is 0 Å². The van der Waals surface area contributed by atoms with E-state index in [1.165, 1.54) is 23.3 Å². The average molecular weight is 381 g/mol. The molecule has 2 heterocycles. The Labute approximate surface area is 155 Å². The summed E-state index contributed by atoms with van der Waals surface area (Å²) in [5.74, 6) is 0.112. The molecule has 1 amide bonds. The Balaban J connectivity index is 1.95. The lowest BCUT2D eigenvalue weighted by molar-refractivity contribution is 0.0949. The predicted octanol–water partition coefficient (Wildman–Crippen LogP) is 3.69. The van der Waals surface area contributed by atoms with Gasteiger partial charge in [0, 0.05) is 22.7 Å². The van der Waals surface area contributed by atoms with E-state index in [9.17, 15) is 4.79 Å². The number of carbonyl (C=O) groups excluding carboxylic acids is 1. The number of aromatic nitrogens is 1.